The molecule has 4 rings (SSSR count). The molecular weight excluding hydrogens is 363 g/mol. The van der Waals surface area contributed by atoms with Crippen molar-refractivity contribution in [2.75, 3.05) is 0 Å². The SMILES string of the molecule is O=c1c2ccccc2c(-c2cccs2)nn1-c1ccc(C(F)(F)F)cn1. The number of hydrogen-bond donors (Lipinski definition) is 0. The van der Waals surface area contributed by atoms with Crippen LogP contribution in [0.3, 0.4) is 0 Å². The van der Waals surface area contributed by atoms with Gasteiger partial charge in [-0.2, -0.15) is 23.0 Å². The summed E-state index contributed by atoms with van der Waals surface area (Å²) in [6.45, 7) is 0. The quantitative estimate of drug-likeness (QED) is 0.519. The standard InChI is InChI=1S/C18H10F3N3OS/c19-18(20,21)11-7-8-15(22-10-11)24-17(25)13-5-2-1-4-12(13)16(23-24)14-6-3-9-26-14/h1-10H. The van der Waals surface area contributed by atoms with E-state index in [0.717, 1.165) is 21.7 Å². The smallest absolute Gasteiger partial charge is 0.267 e. The normalized spacial score (nSPS) is 11.8. The van der Waals surface area contributed by atoms with Gasteiger partial charge in [0.1, 0.15) is 5.69 Å². The average Bonchev–Trinajstić information content (AvgIpc) is 3.16. The number of aromatic nitrogens is 3. The second-order valence-electron chi connectivity index (χ2n) is 5.49. The van der Waals surface area contributed by atoms with Crippen LogP contribution in [-0.2, 0) is 6.18 Å². The van der Waals surface area contributed by atoms with Crippen LogP contribution in [0.5, 0.6) is 0 Å². The minimum Gasteiger partial charge on any atom is -0.267 e. The number of nitrogens with zero attached hydrogens (tertiary/aromatic N) is 3. The van der Waals surface area contributed by atoms with E-state index in [4.69, 9.17) is 0 Å². The Balaban J connectivity index is 1.96. The maximum atomic E-state index is 12.8. The van der Waals surface area contributed by atoms with Crippen molar-refractivity contribution in [1.29, 1.82) is 0 Å². The molecule has 0 aliphatic heterocycles. The fraction of sp³-hybridized carbons (Fsp3) is 0.0556. The lowest BCUT2D eigenvalue weighted by Gasteiger charge is -2.11. The maximum Gasteiger partial charge on any atom is 0.417 e. The number of pyridine rings is 1. The molecule has 0 radical (unpaired) electrons. The second-order valence-corrected chi connectivity index (χ2v) is 6.44. The summed E-state index contributed by atoms with van der Waals surface area (Å²) in [5, 5.41) is 7.37. The summed E-state index contributed by atoms with van der Waals surface area (Å²) < 4.78 is 39.2. The summed E-state index contributed by atoms with van der Waals surface area (Å²) >= 11 is 1.46. The van der Waals surface area contributed by atoms with Gasteiger partial charge in [-0.25, -0.2) is 4.98 Å². The first kappa shape index (κ1) is 16.5. The molecule has 0 aliphatic carbocycles. The molecule has 0 N–H and O–H groups in total. The van der Waals surface area contributed by atoms with Crippen LogP contribution in [-0.4, -0.2) is 14.8 Å². The molecule has 8 heteroatoms. The van der Waals surface area contributed by atoms with Crippen LogP contribution in [0.25, 0.3) is 27.2 Å². The topological polar surface area (TPSA) is 47.8 Å². The third kappa shape index (κ3) is 2.78. The van der Waals surface area contributed by atoms with Crippen LogP contribution in [0.2, 0.25) is 0 Å². The molecule has 0 amide bonds. The number of alkyl halides is 3. The van der Waals surface area contributed by atoms with E-state index in [-0.39, 0.29) is 5.82 Å². The van der Waals surface area contributed by atoms with Gasteiger partial charge >= 0.3 is 6.18 Å². The maximum absolute atomic E-state index is 12.8. The van der Waals surface area contributed by atoms with Gasteiger partial charge in [0.25, 0.3) is 5.56 Å². The van der Waals surface area contributed by atoms with Crippen LogP contribution in [0.15, 0.2) is 64.9 Å². The molecule has 0 saturated heterocycles. The lowest BCUT2D eigenvalue weighted by atomic mass is 10.1. The van der Waals surface area contributed by atoms with Crippen molar-refractivity contribution in [2.24, 2.45) is 0 Å². The summed E-state index contributed by atoms with van der Waals surface area (Å²) in [6.07, 6.45) is -3.79. The fourth-order valence-electron chi connectivity index (χ4n) is 2.62. The molecule has 0 atom stereocenters. The lowest BCUT2D eigenvalue weighted by molar-refractivity contribution is -0.137. The molecule has 130 valence electrons. The number of benzene rings is 1. The zero-order chi connectivity index (χ0) is 18.3. The van der Waals surface area contributed by atoms with Gasteiger partial charge in [-0.05, 0) is 29.6 Å². The summed E-state index contributed by atoms with van der Waals surface area (Å²) in [4.78, 5) is 17.4. The Hall–Kier alpha value is -3.00. The van der Waals surface area contributed by atoms with E-state index < -0.39 is 17.3 Å². The Bertz CT molecular complexity index is 1130. The van der Waals surface area contributed by atoms with Crippen molar-refractivity contribution in [3.05, 3.63) is 76.0 Å². The number of halogens is 3. The van der Waals surface area contributed by atoms with E-state index in [9.17, 15) is 18.0 Å². The largest absolute Gasteiger partial charge is 0.417 e. The van der Waals surface area contributed by atoms with Gasteiger partial charge in [0.05, 0.1) is 15.8 Å². The Morgan fingerprint density at radius 1 is 0.962 bits per heavy atom. The highest BCUT2D eigenvalue weighted by atomic mass is 32.1. The van der Waals surface area contributed by atoms with Crippen LogP contribution < -0.4 is 5.56 Å². The third-order valence-corrected chi connectivity index (χ3v) is 4.73. The predicted molar refractivity (Wildman–Crippen MR) is 93.5 cm³/mol. The molecule has 4 nitrogen and oxygen atoms in total. The molecule has 26 heavy (non-hydrogen) atoms. The summed E-state index contributed by atoms with van der Waals surface area (Å²) in [5.74, 6) is 0.0339. The van der Waals surface area contributed by atoms with Crippen molar-refractivity contribution in [3.8, 4) is 16.4 Å². The van der Waals surface area contributed by atoms with E-state index >= 15 is 0 Å². The van der Waals surface area contributed by atoms with E-state index in [2.05, 4.69) is 10.1 Å². The van der Waals surface area contributed by atoms with E-state index in [1.54, 1.807) is 24.3 Å². The van der Waals surface area contributed by atoms with Gasteiger partial charge in [-0.3, -0.25) is 4.79 Å². The molecule has 0 bridgehead atoms. The molecular formula is C18H10F3N3OS. The van der Waals surface area contributed by atoms with Crippen molar-refractivity contribution in [2.45, 2.75) is 6.18 Å². The van der Waals surface area contributed by atoms with Gasteiger partial charge in [-0.1, -0.05) is 24.3 Å². The summed E-state index contributed by atoms with van der Waals surface area (Å²) in [6, 6.07) is 12.8. The van der Waals surface area contributed by atoms with E-state index in [1.807, 2.05) is 17.5 Å². The Labute approximate surface area is 149 Å². The van der Waals surface area contributed by atoms with Crippen LogP contribution in [0.4, 0.5) is 13.2 Å². The van der Waals surface area contributed by atoms with E-state index in [1.165, 1.54) is 11.3 Å². The Kier molecular flexibility index (Phi) is 3.84. The number of hydrogen-bond acceptors (Lipinski definition) is 4. The average molecular weight is 373 g/mol. The molecule has 0 unspecified atom stereocenters. The van der Waals surface area contributed by atoms with Crippen molar-refractivity contribution >= 4 is 22.1 Å². The highest BCUT2D eigenvalue weighted by Crippen LogP contribution is 2.30. The van der Waals surface area contributed by atoms with Gasteiger partial charge in [0.15, 0.2) is 5.82 Å². The first-order valence-corrected chi connectivity index (χ1v) is 8.43. The number of thiophene rings is 1. The molecule has 0 fully saturated rings. The fourth-order valence-corrected chi connectivity index (χ4v) is 3.34. The van der Waals surface area contributed by atoms with Crippen molar-refractivity contribution in [3.63, 3.8) is 0 Å². The van der Waals surface area contributed by atoms with Gasteiger partial charge in [0.2, 0.25) is 0 Å². The first-order valence-electron chi connectivity index (χ1n) is 7.55. The van der Waals surface area contributed by atoms with Gasteiger partial charge in [-0.15, -0.1) is 11.3 Å². The van der Waals surface area contributed by atoms with Crippen molar-refractivity contribution in [1.82, 2.24) is 14.8 Å². The Morgan fingerprint density at radius 3 is 2.35 bits per heavy atom. The molecule has 3 aromatic heterocycles. The zero-order valence-corrected chi connectivity index (χ0v) is 13.9. The van der Waals surface area contributed by atoms with E-state index in [0.29, 0.717) is 22.7 Å². The summed E-state index contributed by atoms with van der Waals surface area (Å²) in [5.41, 5.74) is -0.737. The summed E-state index contributed by atoms with van der Waals surface area (Å²) in [7, 11) is 0. The first-order chi connectivity index (χ1) is 12.4. The Morgan fingerprint density at radius 2 is 1.73 bits per heavy atom. The second kappa shape index (κ2) is 6.06. The van der Waals surface area contributed by atoms with Crippen LogP contribution in [0.1, 0.15) is 5.56 Å². The number of fused-ring (bicyclic) bond motifs is 1. The molecule has 3 heterocycles. The molecule has 0 spiro atoms. The molecule has 4 aromatic rings. The monoisotopic (exact) mass is 373 g/mol. The lowest BCUT2D eigenvalue weighted by Crippen LogP contribution is -2.23. The highest BCUT2D eigenvalue weighted by molar-refractivity contribution is 7.13. The van der Waals surface area contributed by atoms with Gasteiger partial charge in [0, 0.05) is 11.6 Å². The zero-order valence-electron chi connectivity index (χ0n) is 13.1. The van der Waals surface area contributed by atoms with Crippen LogP contribution >= 0.6 is 11.3 Å². The highest BCUT2D eigenvalue weighted by Gasteiger charge is 2.30. The predicted octanol–water partition coefficient (Wildman–Crippen LogP) is 4.53. The van der Waals surface area contributed by atoms with Crippen LogP contribution in [0, 0.1) is 0 Å². The molecule has 0 aliphatic rings. The van der Waals surface area contributed by atoms with Gasteiger partial charge < -0.3 is 0 Å². The van der Waals surface area contributed by atoms with Crippen molar-refractivity contribution < 1.29 is 13.2 Å². The number of rotatable bonds is 2. The minimum atomic E-state index is -4.49. The minimum absolute atomic E-state index is 0.0339. The molecule has 0 saturated carbocycles. The third-order valence-electron chi connectivity index (χ3n) is 3.85. The molecule has 1 aromatic carbocycles.